The van der Waals surface area contributed by atoms with Gasteiger partial charge in [0.15, 0.2) is 0 Å². The molecule has 0 spiro atoms. The van der Waals surface area contributed by atoms with E-state index >= 15 is 0 Å². The number of imide groups is 2. The number of anilines is 2. The second kappa shape index (κ2) is 9.75. The summed E-state index contributed by atoms with van der Waals surface area (Å²) in [5.41, 5.74) is 1.62. The molecular formula is C22H18N4O4S2. The smallest absolute Gasteiger partial charge is 0.255 e. The van der Waals surface area contributed by atoms with E-state index in [1.54, 1.807) is 21.6 Å². The molecule has 0 unspecified atom stereocenters. The van der Waals surface area contributed by atoms with Gasteiger partial charge in [-0.2, -0.15) is 0 Å². The molecule has 0 fully saturated rings. The van der Waals surface area contributed by atoms with Crippen molar-refractivity contribution in [3.63, 3.8) is 0 Å². The Bertz CT molecular complexity index is 988. The maximum Gasteiger partial charge on any atom is 0.255 e. The molecule has 2 N–H and O–H groups in total. The number of hydrogen-bond acceptors (Lipinski definition) is 8. The van der Waals surface area contributed by atoms with E-state index in [-0.39, 0.29) is 37.0 Å². The van der Waals surface area contributed by atoms with Gasteiger partial charge in [0.05, 0.1) is 13.3 Å². The van der Waals surface area contributed by atoms with Crippen LogP contribution in [0.2, 0.25) is 0 Å². The Morgan fingerprint density at radius 1 is 0.531 bits per heavy atom. The van der Waals surface area contributed by atoms with Crippen molar-refractivity contribution >= 4 is 56.6 Å². The van der Waals surface area contributed by atoms with Gasteiger partial charge in [0.1, 0.15) is 0 Å². The van der Waals surface area contributed by atoms with Gasteiger partial charge in [-0.3, -0.25) is 29.0 Å². The van der Waals surface area contributed by atoms with Gasteiger partial charge in [-0.1, -0.05) is 21.6 Å². The fourth-order valence-corrected chi connectivity index (χ4v) is 4.80. The van der Waals surface area contributed by atoms with Gasteiger partial charge < -0.3 is 10.6 Å². The summed E-state index contributed by atoms with van der Waals surface area (Å²) in [7, 11) is 3.20. The van der Waals surface area contributed by atoms with Crippen molar-refractivity contribution in [1.82, 2.24) is 9.80 Å². The second-order valence-corrected chi connectivity index (χ2v) is 9.04. The van der Waals surface area contributed by atoms with Crippen molar-refractivity contribution in [2.45, 2.75) is 9.79 Å². The predicted octanol–water partition coefficient (Wildman–Crippen LogP) is 3.07. The van der Waals surface area contributed by atoms with E-state index in [1.165, 1.54) is 24.3 Å². The maximum atomic E-state index is 11.6. The first-order valence-electron chi connectivity index (χ1n) is 9.59. The Morgan fingerprint density at radius 2 is 0.844 bits per heavy atom. The molecule has 0 bridgehead atoms. The van der Waals surface area contributed by atoms with E-state index in [2.05, 4.69) is 10.6 Å². The lowest BCUT2D eigenvalue weighted by molar-refractivity contribution is -0.137. The third-order valence-corrected chi connectivity index (χ3v) is 7.04. The Hall–Kier alpha value is -3.50. The van der Waals surface area contributed by atoms with Crippen LogP contribution < -0.4 is 10.6 Å². The van der Waals surface area contributed by atoms with E-state index in [4.69, 9.17) is 0 Å². The molecule has 0 saturated carbocycles. The number of hydrogen-bond donors (Lipinski definition) is 2. The van der Waals surface area contributed by atoms with Crippen molar-refractivity contribution < 1.29 is 19.2 Å². The topological polar surface area (TPSA) is 98.8 Å². The monoisotopic (exact) mass is 466 g/mol. The number of nitrogens with zero attached hydrogens (tertiary/aromatic N) is 2. The summed E-state index contributed by atoms with van der Waals surface area (Å²) in [6, 6.07) is 15.4. The molecule has 8 nitrogen and oxygen atoms in total. The summed E-state index contributed by atoms with van der Waals surface area (Å²) in [6.45, 7) is 0.256. The Morgan fingerprint density at radius 3 is 1.16 bits per heavy atom. The van der Waals surface area contributed by atoms with Crippen LogP contribution in [0, 0.1) is 0 Å². The van der Waals surface area contributed by atoms with Gasteiger partial charge in [0, 0.05) is 45.5 Å². The lowest BCUT2D eigenvalue weighted by Crippen LogP contribution is -2.34. The summed E-state index contributed by atoms with van der Waals surface area (Å²) in [5.74, 6) is -1.27. The van der Waals surface area contributed by atoms with E-state index < -0.39 is 0 Å². The average Bonchev–Trinajstić information content (AvgIpc) is 3.30. The Labute approximate surface area is 192 Å². The number of carbonyl (C=O) groups excluding carboxylic acids is 4. The Kier molecular flexibility index (Phi) is 6.62. The first kappa shape index (κ1) is 21.7. The lowest BCUT2D eigenvalue weighted by Gasteiger charge is -2.15. The van der Waals surface area contributed by atoms with Crippen molar-refractivity contribution in [2.75, 3.05) is 24.0 Å². The summed E-state index contributed by atoms with van der Waals surface area (Å²) in [6.07, 6.45) is 5.04. The van der Waals surface area contributed by atoms with E-state index in [9.17, 15) is 19.2 Å². The zero-order chi connectivity index (χ0) is 22.5. The molecule has 0 saturated heterocycles. The van der Waals surface area contributed by atoms with Gasteiger partial charge in [0.2, 0.25) is 0 Å². The van der Waals surface area contributed by atoms with E-state index in [0.29, 0.717) is 0 Å². The van der Waals surface area contributed by atoms with Crippen molar-refractivity contribution in [3.8, 4) is 0 Å². The number of nitrogens with one attached hydrogen (secondary N) is 2. The largest absolute Gasteiger partial charge is 0.367 e. The normalized spacial score (nSPS) is 15.2. The molecule has 2 heterocycles. The van der Waals surface area contributed by atoms with Crippen LogP contribution in [0.15, 0.2) is 82.6 Å². The van der Waals surface area contributed by atoms with Crippen LogP contribution in [0.25, 0.3) is 0 Å². The Balaban J connectivity index is 1.22. The highest BCUT2D eigenvalue weighted by Gasteiger charge is 2.23. The molecule has 32 heavy (non-hydrogen) atoms. The molecule has 2 aromatic carbocycles. The summed E-state index contributed by atoms with van der Waals surface area (Å²) < 4.78 is 0. The van der Waals surface area contributed by atoms with Crippen LogP contribution in [0.3, 0.4) is 0 Å². The lowest BCUT2D eigenvalue weighted by atomic mass is 10.3. The van der Waals surface area contributed by atoms with Crippen molar-refractivity contribution in [1.29, 1.82) is 0 Å². The minimum atomic E-state index is -0.317. The van der Waals surface area contributed by atoms with Crippen LogP contribution in [0.4, 0.5) is 11.4 Å². The van der Waals surface area contributed by atoms with Crippen molar-refractivity contribution in [3.05, 3.63) is 72.8 Å². The van der Waals surface area contributed by atoms with Gasteiger partial charge in [0.25, 0.3) is 23.6 Å². The predicted molar refractivity (Wildman–Crippen MR) is 124 cm³/mol. The zero-order valence-electron chi connectivity index (χ0n) is 16.7. The molecule has 2 aliphatic heterocycles. The highest BCUT2D eigenvalue weighted by molar-refractivity contribution is 8.76. The standard InChI is InChI=1S/C22H18N4O4S2/c27-19-9-10-20(28)25(19)13-23-15-1-5-17(6-2-15)31-32-18-7-3-16(4-8-18)24-14-26-21(29)11-12-22(26)30/h1-12,23-24H,13-14H2. The molecule has 0 aliphatic carbocycles. The molecule has 10 heteroatoms. The third kappa shape index (κ3) is 5.21. The van der Waals surface area contributed by atoms with Gasteiger partial charge >= 0.3 is 0 Å². The van der Waals surface area contributed by atoms with Gasteiger partial charge in [-0.05, 0) is 48.5 Å². The third-order valence-electron chi connectivity index (χ3n) is 4.63. The summed E-state index contributed by atoms with van der Waals surface area (Å²) in [4.78, 5) is 50.6. The molecule has 4 amide bonds. The summed E-state index contributed by atoms with van der Waals surface area (Å²) in [5, 5.41) is 6.13. The second-order valence-electron chi connectivity index (χ2n) is 6.76. The van der Waals surface area contributed by atoms with Crippen molar-refractivity contribution in [2.24, 2.45) is 0 Å². The SMILES string of the molecule is O=C1C=CC(=O)N1CNc1ccc(SSc2ccc(NCN3C(=O)C=CC3=O)cc2)cc1. The quantitative estimate of drug-likeness (QED) is 0.430. The molecule has 2 aromatic rings. The number of amides is 4. The minimum absolute atomic E-state index is 0.128. The number of carbonyl (C=O) groups is 4. The highest BCUT2D eigenvalue weighted by atomic mass is 33.1. The first-order chi connectivity index (χ1) is 15.5. The van der Waals surface area contributed by atoms with Gasteiger partial charge in [-0.15, -0.1) is 0 Å². The molecule has 0 aromatic heterocycles. The number of rotatable bonds is 9. The highest BCUT2D eigenvalue weighted by Crippen LogP contribution is 2.38. The zero-order valence-corrected chi connectivity index (χ0v) is 18.3. The van der Waals surface area contributed by atoms with Crippen LogP contribution in [-0.4, -0.2) is 46.8 Å². The number of benzene rings is 2. The van der Waals surface area contributed by atoms with E-state index in [0.717, 1.165) is 31.0 Å². The van der Waals surface area contributed by atoms with Gasteiger partial charge in [-0.25, -0.2) is 0 Å². The van der Waals surface area contributed by atoms with Crippen LogP contribution >= 0.6 is 21.6 Å². The molecule has 162 valence electrons. The van der Waals surface area contributed by atoms with E-state index in [1.807, 2.05) is 48.5 Å². The molecule has 0 atom stereocenters. The fraction of sp³-hybridized carbons (Fsp3) is 0.0909. The average molecular weight is 467 g/mol. The molecular weight excluding hydrogens is 448 g/mol. The fourth-order valence-electron chi connectivity index (χ4n) is 2.87. The minimum Gasteiger partial charge on any atom is -0.367 e. The molecule has 0 radical (unpaired) electrons. The molecule has 2 aliphatic rings. The van der Waals surface area contributed by atoms with Crippen LogP contribution in [0.1, 0.15) is 0 Å². The molecule has 4 rings (SSSR count). The maximum absolute atomic E-state index is 11.6. The summed E-state index contributed by atoms with van der Waals surface area (Å²) >= 11 is 0. The van der Waals surface area contributed by atoms with Crippen LogP contribution in [0.5, 0.6) is 0 Å². The van der Waals surface area contributed by atoms with Crippen LogP contribution in [-0.2, 0) is 19.2 Å². The first-order valence-corrected chi connectivity index (χ1v) is 11.7.